The number of benzene rings is 1. The maximum Gasteiger partial charge on any atom is 0.311 e. The maximum atomic E-state index is 12.2. The molecule has 1 aromatic carbocycles. The van der Waals surface area contributed by atoms with E-state index in [9.17, 15) is 4.79 Å². The number of halogens is 2. The van der Waals surface area contributed by atoms with Gasteiger partial charge in [-0.2, -0.15) is 5.11 Å². The summed E-state index contributed by atoms with van der Waals surface area (Å²) in [7, 11) is 0. The van der Waals surface area contributed by atoms with Crippen molar-refractivity contribution in [1.29, 1.82) is 0 Å². The Morgan fingerprint density at radius 1 is 1.28 bits per heavy atom. The van der Waals surface area contributed by atoms with Crippen LogP contribution in [0.1, 0.15) is 36.2 Å². The number of carbonyl (C=O) groups excluding carboxylic acids is 1. The van der Waals surface area contributed by atoms with E-state index in [2.05, 4.69) is 25.2 Å². The van der Waals surface area contributed by atoms with Crippen LogP contribution in [0, 0.1) is 5.92 Å². The summed E-state index contributed by atoms with van der Waals surface area (Å²) in [5.74, 6) is -0.0294. The van der Waals surface area contributed by atoms with E-state index >= 15 is 0 Å². The van der Waals surface area contributed by atoms with Crippen LogP contribution in [0.4, 0.5) is 0 Å². The molecule has 1 fully saturated rings. The summed E-state index contributed by atoms with van der Waals surface area (Å²) >= 11 is 12.1. The summed E-state index contributed by atoms with van der Waals surface area (Å²) in [5.41, 5.74) is 9.31. The lowest BCUT2D eigenvalue weighted by molar-refractivity contribution is 0.0987. The molecule has 0 unspecified atom stereocenters. The van der Waals surface area contributed by atoms with Crippen LogP contribution in [0.25, 0.3) is 21.3 Å². The number of hydrogen-bond donors (Lipinski definition) is 1. The number of aromatic amines is 1. The number of nitrogens with one attached hydrogen (secondary N) is 1. The lowest BCUT2D eigenvalue weighted by Crippen LogP contribution is -2.18. The molecule has 0 atom stereocenters. The molecule has 0 aliphatic heterocycles. The molecule has 1 aliphatic carbocycles. The van der Waals surface area contributed by atoms with E-state index in [1.807, 2.05) is 0 Å². The molecule has 1 saturated carbocycles. The Morgan fingerprint density at radius 2 is 2.04 bits per heavy atom. The van der Waals surface area contributed by atoms with Gasteiger partial charge in [0.05, 0.1) is 21.6 Å². The molecule has 25 heavy (non-hydrogen) atoms. The van der Waals surface area contributed by atoms with Gasteiger partial charge in [0.1, 0.15) is 5.69 Å². The SMILES string of the molecule is [N-]=[N+]=NCC1CCC(N=NC(=O)c2cc3ccc(Cl)c(Cl)c3[nH]2)CC1. The lowest BCUT2D eigenvalue weighted by Gasteiger charge is -2.23. The van der Waals surface area contributed by atoms with Crippen molar-refractivity contribution in [3.8, 4) is 0 Å². The Bertz CT molecular complexity index is 863. The lowest BCUT2D eigenvalue weighted by atomic mass is 9.86. The van der Waals surface area contributed by atoms with Crippen LogP contribution in [-0.4, -0.2) is 23.5 Å². The number of azide groups is 1. The summed E-state index contributed by atoms with van der Waals surface area (Å²) in [6, 6.07) is 5.20. The van der Waals surface area contributed by atoms with E-state index < -0.39 is 5.91 Å². The highest BCUT2D eigenvalue weighted by Gasteiger charge is 2.21. The van der Waals surface area contributed by atoms with E-state index in [4.69, 9.17) is 28.7 Å². The number of fused-ring (bicyclic) bond motifs is 1. The summed E-state index contributed by atoms with van der Waals surface area (Å²) in [4.78, 5) is 18.0. The quantitative estimate of drug-likeness (QED) is 0.396. The first-order chi connectivity index (χ1) is 12.1. The molecule has 130 valence electrons. The van der Waals surface area contributed by atoms with Crippen LogP contribution in [-0.2, 0) is 0 Å². The van der Waals surface area contributed by atoms with Crippen LogP contribution < -0.4 is 0 Å². The second-order valence-electron chi connectivity index (χ2n) is 6.12. The summed E-state index contributed by atoms with van der Waals surface area (Å²) < 4.78 is 0. The smallest absolute Gasteiger partial charge is 0.311 e. The molecule has 0 spiro atoms. The van der Waals surface area contributed by atoms with Crippen LogP contribution in [0.2, 0.25) is 10.0 Å². The molecular formula is C16H16Cl2N6O. The fourth-order valence-corrected chi connectivity index (χ4v) is 3.41. The summed E-state index contributed by atoms with van der Waals surface area (Å²) in [6.45, 7) is 0.525. The van der Waals surface area contributed by atoms with Crippen molar-refractivity contribution in [2.45, 2.75) is 31.7 Å². The van der Waals surface area contributed by atoms with Gasteiger partial charge in [0.2, 0.25) is 0 Å². The van der Waals surface area contributed by atoms with E-state index in [-0.39, 0.29) is 6.04 Å². The predicted molar refractivity (Wildman–Crippen MR) is 97.3 cm³/mol. The first kappa shape index (κ1) is 17.7. The van der Waals surface area contributed by atoms with Crippen molar-refractivity contribution < 1.29 is 4.79 Å². The van der Waals surface area contributed by atoms with Crippen LogP contribution in [0.15, 0.2) is 33.5 Å². The number of nitrogens with zero attached hydrogens (tertiary/aromatic N) is 5. The summed E-state index contributed by atoms with van der Waals surface area (Å²) in [6.07, 6.45) is 3.54. The molecule has 2 aromatic rings. The van der Waals surface area contributed by atoms with E-state index in [1.165, 1.54) is 0 Å². The van der Waals surface area contributed by atoms with Gasteiger partial charge in [0, 0.05) is 16.8 Å². The molecule has 1 amide bonds. The Kier molecular flexibility index (Phi) is 5.58. The molecule has 0 saturated heterocycles. The number of azo groups is 1. The molecule has 1 heterocycles. The monoisotopic (exact) mass is 378 g/mol. The minimum absolute atomic E-state index is 0.0358. The minimum Gasteiger partial charge on any atom is -0.349 e. The molecule has 1 aromatic heterocycles. The molecule has 0 radical (unpaired) electrons. The largest absolute Gasteiger partial charge is 0.349 e. The normalized spacial score (nSPS) is 20.7. The second-order valence-corrected chi connectivity index (χ2v) is 6.90. The van der Waals surface area contributed by atoms with Crippen molar-refractivity contribution in [2.24, 2.45) is 21.3 Å². The molecule has 0 bridgehead atoms. The van der Waals surface area contributed by atoms with Crippen LogP contribution in [0.3, 0.4) is 0 Å². The second kappa shape index (κ2) is 7.87. The van der Waals surface area contributed by atoms with Gasteiger partial charge in [-0.1, -0.05) is 34.4 Å². The molecule has 9 heteroatoms. The van der Waals surface area contributed by atoms with Gasteiger partial charge in [-0.3, -0.25) is 4.79 Å². The van der Waals surface area contributed by atoms with Crippen LogP contribution >= 0.6 is 23.2 Å². The van der Waals surface area contributed by atoms with Crippen molar-refractivity contribution in [3.63, 3.8) is 0 Å². The average Bonchev–Trinajstić information content (AvgIpc) is 3.07. The molecule has 7 nitrogen and oxygen atoms in total. The standard InChI is InChI=1S/C16H16Cl2N6O/c17-12-6-3-10-7-13(21-15(10)14(12)18)16(25)23-22-11-4-1-9(2-5-11)8-20-24-19/h3,6-7,9,11,21H,1-2,4-5,8H2. The van der Waals surface area contributed by atoms with Gasteiger partial charge in [-0.05, 0) is 49.3 Å². The fourth-order valence-electron chi connectivity index (χ4n) is 3.04. The van der Waals surface area contributed by atoms with Crippen LogP contribution in [0.5, 0.6) is 0 Å². The fraction of sp³-hybridized carbons (Fsp3) is 0.438. The number of carbonyl (C=O) groups is 1. The Hall–Kier alpha value is -2.08. The number of amides is 1. The number of hydrogen-bond acceptors (Lipinski definition) is 3. The van der Waals surface area contributed by atoms with Gasteiger partial charge in [0.25, 0.3) is 0 Å². The van der Waals surface area contributed by atoms with Crippen molar-refractivity contribution in [2.75, 3.05) is 6.54 Å². The van der Waals surface area contributed by atoms with Gasteiger partial charge in [0.15, 0.2) is 0 Å². The highest BCUT2D eigenvalue weighted by atomic mass is 35.5. The topological polar surface area (TPSA) is 106 Å². The van der Waals surface area contributed by atoms with Gasteiger partial charge < -0.3 is 4.98 Å². The van der Waals surface area contributed by atoms with Crippen molar-refractivity contribution in [1.82, 2.24) is 4.98 Å². The Balaban J connectivity index is 1.64. The summed E-state index contributed by atoms with van der Waals surface area (Å²) in [5, 5.41) is 13.2. The number of aromatic nitrogens is 1. The zero-order valence-electron chi connectivity index (χ0n) is 13.3. The molecule has 1 N–H and O–H groups in total. The first-order valence-corrected chi connectivity index (χ1v) is 8.77. The third-order valence-corrected chi connectivity index (χ3v) is 5.25. The van der Waals surface area contributed by atoms with Crippen molar-refractivity contribution in [3.05, 3.63) is 44.4 Å². The van der Waals surface area contributed by atoms with E-state index in [0.717, 1.165) is 31.1 Å². The maximum absolute atomic E-state index is 12.2. The Labute approximate surface area is 154 Å². The Morgan fingerprint density at radius 3 is 2.76 bits per heavy atom. The van der Waals surface area contributed by atoms with Gasteiger partial charge in [-0.25, -0.2) is 0 Å². The van der Waals surface area contributed by atoms with E-state index in [0.29, 0.717) is 33.7 Å². The highest BCUT2D eigenvalue weighted by molar-refractivity contribution is 6.45. The average molecular weight is 379 g/mol. The zero-order valence-corrected chi connectivity index (χ0v) is 14.8. The highest BCUT2D eigenvalue weighted by Crippen LogP contribution is 2.31. The first-order valence-electron chi connectivity index (χ1n) is 8.01. The van der Waals surface area contributed by atoms with Crippen molar-refractivity contribution >= 4 is 40.0 Å². The minimum atomic E-state index is -0.431. The third-order valence-electron chi connectivity index (χ3n) is 4.45. The number of H-pyrrole nitrogens is 1. The van der Waals surface area contributed by atoms with Gasteiger partial charge >= 0.3 is 5.91 Å². The molecule has 3 rings (SSSR count). The third kappa shape index (κ3) is 4.12. The zero-order chi connectivity index (χ0) is 17.8. The predicted octanol–water partition coefficient (Wildman–Crippen LogP) is 5.94. The molecule has 1 aliphatic rings. The number of rotatable bonds is 4. The van der Waals surface area contributed by atoms with Gasteiger partial charge in [-0.15, -0.1) is 5.11 Å². The molecular weight excluding hydrogens is 363 g/mol. The van der Waals surface area contributed by atoms with E-state index in [1.54, 1.807) is 18.2 Å².